The van der Waals surface area contributed by atoms with Gasteiger partial charge < -0.3 is 9.80 Å². The Kier molecular flexibility index (Phi) is 9.51. The third-order valence-corrected chi connectivity index (χ3v) is 10.0. The molecule has 0 atom stereocenters. The van der Waals surface area contributed by atoms with Crippen LogP contribution in [-0.4, -0.2) is 0 Å². The van der Waals surface area contributed by atoms with Crippen LogP contribution in [0.15, 0.2) is 97.1 Å². The summed E-state index contributed by atoms with van der Waals surface area (Å²) < 4.78 is 0. The topological polar surface area (TPSA) is 6.48 Å². The molecule has 2 heteroatoms. The van der Waals surface area contributed by atoms with E-state index in [-0.39, 0.29) is 0 Å². The van der Waals surface area contributed by atoms with Crippen molar-refractivity contribution in [1.82, 2.24) is 0 Å². The minimum absolute atomic E-state index is 1.16. The third-order valence-electron chi connectivity index (χ3n) is 10.0. The SMILES string of the molecule is Cc1cc(C)c(N(c2ccc(-c3ccc(N(c4c(C)cc(C)cc4C)c4c(C)cc(C)cc4C)cc3)cc2)c2c(C)cc(C)cc2C)c(C)c1. The number of anilines is 6. The molecule has 0 aliphatic heterocycles. The number of aryl methyl sites for hydroxylation is 12. The maximum absolute atomic E-state index is 2.47. The van der Waals surface area contributed by atoms with Crippen molar-refractivity contribution in [3.8, 4) is 11.1 Å². The van der Waals surface area contributed by atoms with E-state index in [9.17, 15) is 0 Å². The molecule has 0 N–H and O–H groups in total. The van der Waals surface area contributed by atoms with E-state index in [2.05, 4.69) is 190 Å². The molecule has 0 bridgehead atoms. The highest BCUT2D eigenvalue weighted by molar-refractivity contribution is 5.87. The highest BCUT2D eigenvalue weighted by atomic mass is 15.2. The van der Waals surface area contributed by atoms with Gasteiger partial charge in [-0.05, 0) is 163 Å². The molecule has 0 unspecified atom stereocenters. The van der Waals surface area contributed by atoms with E-state index in [1.807, 2.05) is 0 Å². The summed E-state index contributed by atoms with van der Waals surface area (Å²) in [4.78, 5) is 4.94. The summed E-state index contributed by atoms with van der Waals surface area (Å²) in [6, 6.07) is 36.6. The molecule has 0 fully saturated rings. The van der Waals surface area contributed by atoms with Crippen LogP contribution in [0.5, 0.6) is 0 Å². The second-order valence-electron chi connectivity index (χ2n) is 14.8. The molecule has 0 radical (unpaired) electrons. The van der Waals surface area contributed by atoms with Crippen LogP contribution < -0.4 is 9.80 Å². The molecule has 6 aromatic rings. The van der Waals surface area contributed by atoms with Crippen molar-refractivity contribution in [2.24, 2.45) is 0 Å². The summed E-state index contributed by atoms with van der Waals surface area (Å²) >= 11 is 0. The Morgan fingerprint density at radius 1 is 0.260 bits per heavy atom. The van der Waals surface area contributed by atoms with Crippen LogP contribution in [0.4, 0.5) is 34.1 Å². The molecule has 0 saturated heterocycles. The molecule has 2 nitrogen and oxygen atoms in total. The fourth-order valence-corrected chi connectivity index (χ4v) is 8.45. The van der Waals surface area contributed by atoms with Gasteiger partial charge in [0, 0.05) is 11.4 Å². The van der Waals surface area contributed by atoms with Crippen molar-refractivity contribution in [3.05, 3.63) is 164 Å². The standard InChI is InChI=1S/C48H52N2/c1-29-21-33(5)45(34(6)22-29)49(46-35(7)23-30(2)24-36(46)8)43-17-13-41(14-18-43)42-15-19-44(20-16-42)50(47-37(9)25-31(3)26-38(47)10)48-39(11)27-32(4)28-40(48)12/h13-28H,1-12H3. The van der Waals surface area contributed by atoms with Crippen molar-refractivity contribution in [2.45, 2.75) is 83.1 Å². The Hall–Kier alpha value is -5.08. The minimum atomic E-state index is 1.16. The fraction of sp³-hybridized carbons (Fsp3) is 0.250. The van der Waals surface area contributed by atoms with Crippen LogP contribution in [0.25, 0.3) is 11.1 Å². The van der Waals surface area contributed by atoms with Crippen molar-refractivity contribution in [3.63, 3.8) is 0 Å². The maximum Gasteiger partial charge on any atom is 0.0520 e. The van der Waals surface area contributed by atoms with Gasteiger partial charge in [0.25, 0.3) is 0 Å². The highest BCUT2D eigenvalue weighted by Crippen LogP contribution is 2.45. The number of hydrogen-bond donors (Lipinski definition) is 0. The first-order chi connectivity index (χ1) is 23.7. The molecule has 0 aromatic heterocycles. The smallest absolute Gasteiger partial charge is 0.0520 e. The molecule has 50 heavy (non-hydrogen) atoms. The molecular weight excluding hydrogens is 605 g/mol. The highest BCUT2D eigenvalue weighted by Gasteiger charge is 2.23. The van der Waals surface area contributed by atoms with Crippen LogP contribution in [0, 0.1) is 83.1 Å². The van der Waals surface area contributed by atoms with E-state index in [0.29, 0.717) is 0 Å². The van der Waals surface area contributed by atoms with E-state index in [0.717, 1.165) is 11.4 Å². The summed E-state index contributed by atoms with van der Waals surface area (Å²) in [5.74, 6) is 0. The van der Waals surface area contributed by atoms with Gasteiger partial charge in [-0.15, -0.1) is 0 Å². The Morgan fingerprint density at radius 2 is 0.440 bits per heavy atom. The Morgan fingerprint density at radius 3 is 0.620 bits per heavy atom. The summed E-state index contributed by atoms with van der Waals surface area (Å²) in [7, 11) is 0. The average Bonchev–Trinajstić information content (AvgIpc) is 3.02. The largest absolute Gasteiger partial charge is 0.309 e. The normalized spacial score (nSPS) is 11.2. The zero-order valence-corrected chi connectivity index (χ0v) is 32.1. The average molecular weight is 657 g/mol. The Labute approximate surface area is 301 Å². The lowest BCUT2D eigenvalue weighted by molar-refractivity contribution is 1.16. The van der Waals surface area contributed by atoms with Crippen molar-refractivity contribution >= 4 is 34.1 Å². The number of rotatable bonds is 7. The van der Waals surface area contributed by atoms with Gasteiger partial charge in [-0.1, -0.05) is 95.1 Å². The summed E-state index contributed by atoms with van der Waals surface area (Å²) in [5.41, 5.74) is 25.2. The molecule has 0 heterocycles. The van der Waals surface area contributed by atoms with Gasteiger partial charge in [-0.3, -0.25) is 0 Å². The first-order valence-corrected chi connectivity index (χ1v) is 17.9. The zero-order chi connectivity index (χ0) is 36.0. The zero-order valence-electron chi connectivity index (χ0n) is 32.1. The second-order valence-corrected chi connectivity index (χ2v) is 14.8. The van der Waals surface area contributed by atoms with E-state index >= 15 is 0 Å². The Bertz CT molecular complexity index is 1850. The molecule has 0 aliphatic carbocycles. The summed E-state index contributed by atoms with van der Waals surface area (Å²) in [6.07, 6.45) is 0. The van der Waals surface area contributed by atoms with Crippen molar-refractivity contribution in [1.29, 1.82) is 0 Å². The fourth-order valence-electron chi connectivity index (χ4n) is 8.45. The lowest BCUT2D eigenvalue weighted by Gasteiger charge is -2.32. The van der Waals surface area contributed by atoms with Gasteiger partial charge in [0.05, 0.1) is 22.7 Å². The summed E-state index contributed by atoms with van der Waals surface area (Å²) in [5, 5.41) is 0. The second kappa shape index (κ2) is 13.7. The van der Waals surface area contributed by atoms with E-state index in [4.69, 9.17) is 0 Å². The molecule has 0 spiro atoms. The van der Waals surface area contributed by atoms with Crippen molar-refractivity contribution in [2.75, 3.05) is 9.80 Å². The predicted octanol–water partition coefficient (Wildman–Crippen LogP) is 14.0. The van der Waals surface area contributed by atoms with E-state index < -0.39 is 0 Å². The van der Waals surface area contributed by atoms with Crippen LogP contribution >= 0.6 is 0 Å². The molecule has 0 aliphatic rings. The quantitative estimate of drug-likeness (QED) is 0.169. The predicted molar refractivity (Wildman–Crippen MR) is 218 cm³/mol. The molecule has 0 saturated carbocycles. The molecule has 254 valence electrons. The van der Waals surface area contributed by atoms with Gasteiger partial charge in [-0.25, -0.2) is 0 Å². The lowest BCUT2D eigenvalue weighted by atomic mass is 9.97. The van der Waals surface area contributed by atoms with Gasteiger partial charge >= 0.3 is 0 Å². The molecule has 0 amide bonds. The van der Waals surface area contributed by atoms with Crippen LogP contribution in [0.3, 0.4) is 0 Å². The Balaban J connectivity index is 1.43. The summed E-state index contributed by atoms with van der Waals surface area (Å²) in [6.45, 7) is 26.6. The van der Waals surface area contributed by atoms with Gasteiger partial charge in [0.1, 0.15) is 0 Å². The van der Waals surface area contributed by atoms with E-state index in [1.165, 1.54) is 101 Å². The van der Waals surface area contributed by atoms with Gasteiger partial charge in [0.2, 0.25) is 0 Å². The van der Waals surface area contributed by atoms with Gasteiger partial charge in [0.15, 0.2) is 0 Å². The van der Waals surface area contributed by atoms with Crippen LogP contribution in [0.1, 0.15) is 66.8 Å². The third kappa shape index (κ3) is 6.60. The first-order valence-electron chi connectivity index (χ1n) is 17.9. The maximum atomic E-state index is 2.47. The number of benzene rings is 6. The van der Waals surface area contributed by atoms with Crippen LogP contribution in [-0.2, 0) is 0 Å². The van der Waals surface area contributed by atoms with Crippen LogP contribution in [0.2, 0.25) is 0 Å². The number of nitrogens with zero attached hydrogens (tertiary/aromatic N) is 2. The minimum Gasteiger partial charge on any atom is -0.309 e. The molecule has 6 aromatic carbocycles. The number of hydrogen-bond acceptors (Lipinski definition) is 2. The molecular formula is C48H52N2. The van der Waals surface area contributed by atoms with Crippen molar-refractivity contribution < 1.29 is 0 Å². The lowest BCUT2D eigenvalue weighted by Crippen LogP contribution is -2.16. The van der Waals surface area contributed by atoms with Gasteiger partial charge in [-0.2, -0.15) is 0 Å². The monoisotopic (exact) mass is 656 g/mol. The van der Waals surface area contributed by atoms with E-state index in [1.54, 1.807) is 0 Å². The first kappa shape index (κ1) is 34.8. The molecule has 6 rings (SSSR count).